The zero-order valence-corrected chi connectivity index (χ0v) is 16.3. The number of benzene rings is 2. The third-order valence-electron chi connectivity index (χ3n) is 3.44. The number of thioether (sulfide) groups is 1. The number of nitrogens with zero attached hydrogens (tertiary/aromatic N) is 1. The van der Waals surface area contributed by atoms with Crippen LogP contribution in [0.5, 0.6) is 5.75 Å². The van der Waals surface area contributed by atoms with Crippen LogP contribution in [-0.2, 0) is 16.1 Å². The highest BCUT2D eigenvalue weighted by molar-refractivity contribution is 8.02. The minimum atomic E-state index is -0.679. The molecule has 0 aliphatic carbocycles. The molecule has 140 valence electrons. The highest BCUT2D eigenvalue weighted by atomic mass is 35.5. The molecule has 0 aromatic heterocycles. The summed E-state index contributed by atoms with van der Waals surface area (Å²) in [6.07, 6.45) is 1.79. The van der Waals surface area contributed by atoms with Crippen molar-refractivity contribution in [2.45, 2.75) is 6.54 Å². The summed E-state index contributed by atoms with van der Waals surface area (Å²) in [5.74, 6) is 0.0150. The normalized spacial score (nSPS) is 11.1. The van der Waals surface area contributed by atoms with Crippen LogP contribution in [0.15, 0.2) is 65.2 Å². The van der Waals surface area contributed by atoms with Gasteiger partial charge in [-0.3, -0.25) is 0 Å². The van der Waals surface area contributed by atoms with Crippen molar-refractivity contribution >= 4 is 29.3 Å². The summed E-state index contributed by atoms with van der Waals surface area (Å²) in [6, 6.07) is 18.5. The zero-order valence-electron chi connectivity index (χ0n) is 14.8. The number of ether oxygens (including phenoxy) is 2. The van der Waals surface area contributed by atoms with Gasteiger partial charge in [-0.15, -0.1) is 11.8 Å². The van der Waals surface area contributed by atoms with Gasteiger partial charge >= 0.3 is 5.97 Å². The number of carbonyl (C=O) groups is 1. The molecule has 0 heterocycles. The lowest BCUT2D eigenvalue weighted by molar-refractivity contribution is -0.139. The smallest absolute Gasteiger partial charge is 0.351 e. The summed E-state index contributed by atoms with van der Waals surface area (Å²) in [4.78, 5) is 12.2. The first kappa shape index (κ1) is 20.7. The fourth-order valence-electron chi connectivity index (χ4n) is 2.12. The number of carbonyl (C=O) groups excluding carboxylic acids is 1. The summed E-state index contributed by atoms with van der Waals surface area (Å²) in [7, 11) is 0. The van der Waals surface area contributed by atoms with E-state index in [1.165, 1.54) is 11.8 Å². The SMILES string of the molecule is CS/C(NCc1ccc(Cl)cc1)=C(\C#N)C(=O)OCCOc1ccccc1. The van der Waals surface area contributed by atoms with Crippen molar-refractivity contribution in [3.8, 4) is 11.8 Å². The molecule has 0 radical (unpaired) electrons. The van der Waals surface area contributed by atoms with Crippen molar-refractivity contribution in [3.63, 3.8) is 0 Å². The maximum atomic E-state index is 12.2. The Kier molecular flexibility index (Phi) is 8.56. The van der Waals surface area contributed by atoms with Crippen LogP contribution < -0.4 is 10.1 Å². The quantitative estimate of drug-likeness (QED) is 0.294. The average Bonchev–Trinajstić information content (AvgIpc) is 2.70. The van der Waals surface area contributed by atoms with Crippen LogP contribution in [0, 0.1) is 11.3 Å². The number of nitrogens with one attached hydrogen (secondary N) is 1. The van der Waals surface area contributed by atoms with Crippen molar-refractivity contribution in [3.05, 3.63) is 75.8 Å². The Labute approximate surface area is 167 Å². The van der Waals surface area contributed by atoms with Gasteiger partial charge in [-0.25, -0.2) is 4.79 Å². The van der Waals surface area contributed by atoms with Gasteiger partial charge in [-0.05, 0) is 36.1 Å². The fraction of sp³-hybridized carbons (Fsp3) is 0.200. The second-order valence-electron chi connectivity index (χ2n) is 5.30. The standard InChI is InChI=1S/C20H19ClN2O3S/c1-27-19(23-14-15-7-9-16(21)10-8-15)18(13-22)20(24)26-12-11-25-17-5-3-2-4-6-17/h2-10,23H,11-12,14H2,1H3/b19-18+. The molecule has 0 spiro atoms. The van der Waals surface area contributed by atoms with Gasteiger partial charge < -0.3 is 14.8 Å². The summed E-state index contributed by atoms with van der Waals surface area (Å²) in [5, 5.41) is 13.6. The van der Waals surface area contributed by atoms with E-state index in [1.807, 2.05) is 48.5 Å². The predicted molar refractivity (Wildman–Crippen MR) is 107 cm³/mol. The van der Waals surface area contributed by atoms with Crippen LogP contribution in [0.1, 0.15) is 5.56 Å². The summed E-state index contributed by atoms with van der Waals surface area (Å²) < 4.78 is 10.6. The third kappa shape index (κ3) is 6.89. The minimum Gasteiger partial charge on any atom is -0.490 e. The molecular formula is C20H19ClN2O3S. The lowest BCUT2D eigenvalue weighted by atomic mass is 10.2. The molecule has 0 saturated heterocycles. The molecule has 27 heavy (non-hydrogen) atoms. The van der Waals surface area contributed by atoms with E-state index in [0.29, 0.717) is 22.3 Å². The van der Waals surface area contributed by atoms with Crippen molar-refractivity contribution in [2.75, 3.05) is 19.5 Å². The number of para-hydroxylation sites is 1. The van der Waals surface area contributed by atoms with Crippen LogP contribution in [0.25, 0.3) is 0 Å². The van der Waals surface area contributed by atoms with E-state index >= 15 is 0 Å². The predicted octanol–water partition coefficient (Wildman–Crippen LogP) is 4.15. The molecule has 0 bridgehead atoms. The average molecular weight is 403 g/mol. The molecule has 0 unspecified atom stereocenters. The van der Waals surface area contributed by atoms with E-state index in [0.717, 1.165) is 5.56 Å². The first-order valence-electron chi connectivity index (χ1n) is 8.15. The summed E-state index contributed by atoms with van der Waals surface area (Å²) >= 11 is 7.14. The van der Waals surface area contributed by atoms with Gasteiger partial charge in [0.1, 0.15) is 25.0 Å². The van der Waals surface area contributed by atoms with Crippen LogP contribution in [-0.4, -0.2) is 25.4 Å². The topological polar surface area (TPSA) is 71.4 Å². The number of rotatable bonds is 9. The molecule has 5 nitrogen and oxygen atoms in total. The summed E-state index contributed by atoms with van der Waals surface area (Å²) in [6.45, 7) is 0.724. The largest absolute Gasteiger partial charge is 0.490 e. The molecule has 0 aliphatic rings. The maximum Gasteiger partial charge on any atom is 0.351 e. The van der Waals surface area contributed by atoms with Gasteiger partial charge in [0.15, 0.2) is 5.57 Å². The van der Waals surface area contributed by atoms with Crippen molar-refractivity contribution in [2.24, 2.45) is 0 Å². The van der Waals surface area contributed by atoms with Crippen LogP contribution in [0.2, 0.25) is 5.02 Å². The molecule has 2 rings (SSSR count). The highest BCUT2D eigenvalue weighted by Crippen LogP contribution is 2.17. The number of hydrogen-bond donors (Lipinski definition) is 1. The maximum absolute atomic E-state index is 12.2. The lowest BCUT2D eigenvalue weighted by Crippen LogP contribution is -2.19. The molecule has 0 aliphatic heterocycles. The Balaban J connectivity index is 1.89. The zero-order chi connectivity index (χ0) is 19.5. The van der Waals surface area contributed by atoms with E-state index in [2.05, 4.69) is 5.32 Å². The molecule has 0 atom stereocenters. The monoisotopic (exact) mass is 402 g/mol. The molecule has 2 aromatic carbocycles. The Morgan fingerprint density at radius 3 is 2.48 bits per heavy atom. The number of esters is 1. The second kappa shape index (κ2) is 11.2. The molecule has 1 N–H and O–H groups in total. The van der Waals surface area contributed by atoms with Gasteiger partial charge in [0.25, 0.3) is 0 Å². The van der Waals surface area contributed by atoms with Crippen LogP contribution in [0.3, 0.4) is 0 Å². The summed E-state index contributed by atoms with van der Waals surface area (Å²) in [5.41, 5.74) is 0.920. The highest BCUT2D eigenvalue weighted by Gasteiger charge is 2.17. The first-order chi connectivity index (χ1) is 13.1. The van der Waals surface area contributed by atoms with Crippen molar-refractivity contribution in [1.82, 2.24) is 5.32 Å². The Bertz CT molecular complexity index is 817. The molecule has 7 heteroatoms. The van der Waals surface area contributed by atoms with E-state index in [4.69, 9.17) is 21.1 Å². The van der Waals surface area contributed by atoms with Gasteiger partial charge in [0.05, 0.1) is 5.03 Å². The van der Waals surface area contributed by atoms with Crippen LogP contribution >= 0.6 is 23.4 Å². The van der Waals surface area contributed by atoms with Gasteiger partial charge in [0, 0.05) is 11.6 Å². The first-order valence-corrected chi connectivity index (χ1v) is 9.76. The lowest BCUT2D eigenvalue weighted by Gasteiger charge is -2.12. The molecule has 2 aromatic rings. The number of hydrogen-bond acceptors (Lipinski definition) is 6. The van der Waals surface area contributed by atoms with E-state index < -0.39 is 5.97 Å². The Morgan fingerprint density at radius 2 is 1.85 bits per heavy atom. The Hall–Kier alpha value is -2.62. The Morgan fingerprint density at radius 1 is 1.15 bits per heavy atom. The van der Waals surface area contributed by atoms with Gasteiger partial charge in [-0.2, -0.15) is 5.26 Å². The molecule has 0 saturated carbocycles. The fourth-order valence-corrected chi connectivity index (χ4v) is 2.79. The molecule has 0 fully saturated rings. The van der Waals surface area contributed by atoms with Gasteiger partial charge in [0.2, 0.25) is 0 Å². The number of halogens is 1. The van der Waals surface area contributed by atoms with E-state index in [9.17, 15) is 10.1 Å². The number of nitriles is 1. The van der Waals surface area contributed by atoms with Crippen LogP contribution in [0.4, 0.5) is 0 Å². The van der Waals surface area contributed by atoms with E-state index in [-0.39, 0.29) is 18.8 Å². The molecular weight excluding hydrogens is 384 g/mol. The minimum absolute atomic E-state index is 0.0533. The van der Waals surface area contributed by atoms with E-state index in [1.54, 1.807) is 18.4 Å². The van der Waals surface area contributed by atoms with Crippen molar-refractivity contribution in [1.29, 1.82) is 5.26 Å². The van der Waals surface area contributed by atoms with Crippen molar-refractivity contribution < 1.29 is 14.3 Å². The second-order valence-corrected chi connectivity index (χ2v) is 6.55. The third-order valence-corrected chi connectivity index (χ3v) is 4.45. The van der Waals surface area contributed by atoms with Gasteiger partial charge in [-0.1, -0.05) is 41.9 Å². The molecule has 0 amide bonds.